The van der Waals surface area contributed by atoms with Gasteiger partial charge >= 0.3 is 0 Å². The van der Waals surface area contributed by atoms with Gasteiger partial charge in [-0.05, 0) is 57.8 Å². The molecule has 0 aliphatic rings. The Bertz CT molecular complexity index is 700. The molecule has 1 heterocycles. The Hall–Kier alpha value is -0.350. The van der Waals surface area contributed by atoms with E-state index >= 15 is 0 Å². The van der Waals surface area contributed by atoms with Crippen LogP contribution in [0.2, 0.25) is 5.02 Å². The van der Waals surface area contributed by atoms with E-state index in [2.05, 4.69) is 27.3 Å². The molecule has 8 heteroatoms. The smallest absolute Gasteiger partial charge is 0.271 e. The van der Waals surface area contributed by atoms with Crippen molar-refractivity contribution in [1.82, 2.24) is 0 Å². The summed E-state index contributed by atoms with van der Waals surface area (Å²) in [6.07, 6.45) is 0. The van der Waals surface area contributed by atoms with E-state index in [1.165, 1.54) is 6.07 Å². The van der Waals surface area contributed by atoms with Crippen molar-refractivity contribution in [2.45, 2.75) is 10.8 Å². The molecule has 1 aromatic carbocycles. The van der Waals surface area contributed by atoms with E-state index in [0.717, 1.165) is 14.9 Å². The molecule has 1 aromatic heterocycles. The van der Waals surface area contributed by atoms with Crippen molar-refractivity contribution in [3.63, 3.8) is 0 Å². The van der Waals surface area contributed by atoms with Gasteiger partial charge in [-0.15, -0.1) is 11.3 Å². The zero-order chi connectivity index (χ0) is 14.0. The van der Waals surface area contributed by atoms with E-state index in [0.29, 0.717) is 16.3 Å². The number of rotatable bonds is 4. The summed E-state index contributed by atoms with van der Waals surface area (Å²) in [4.78, 5) is 0. The van der Waals surface area contributed by atoms with Gasteiger partial charge in [-0.25, -0.2) is 8.42 Å². The molecule has 2 aromatic rings. The molecule has 0 unspecified atom stereocenters. The molecule has 0 fully saturated rings. The van der Waals surface area contributed by atoms with Crippen molar-refractivity contribution in [3.8, 4) is 0 Å². The van der Waals surface area contributed by atoms with Crippen LogP contribution in [0.25, 0.3) is 0 Å². The fourth-order valence-corrected chi connectivity index (χ4v) is 4.58. The number of aliphatic hydroxyl groups is 1. The molecule has 0 radical (unpaired) electrons. The Morgan fingerprint density at radius 3 is 2.68 bits per heavy atom. The second-order valence-corrected chi connectivity index (χ2v) is 8.14. The molecule has 2 N–H and O–H groups in total. The number of hydrogen-bond acceptors (Lipinski definition) is 4. The normalized spacial score (nSPS) is 11.5. The Labute approximate surface area is 133 Å². The van der Waals surface area contributed by atoms with Crippen molar-refractivity contribution < 1.29 is 13.5 Å². The lowest BCUT2D eigenvalue weighted by Crippen LogP contribution is -2.11. The van der Waals surface area contributed by atoms with E-state index < -0.39 is 10.0 Å². The van der Waals surface area contributed by atoms with Crippen molar-refractivity contribution in [3.05, 3.63) is 43.8 Å². The van der Waals surface area contributed by atoms with Crippen molar-refractivity contribution in [1.29, 1.82) is 0 Å². The first-order chi connectivity index (χ1) is 8.92. The van der Waals surface area contributed by atoms with E-state index in [4.69, 9.17) is 16.7 Å². The molecule has 0 aliphatic carbocycles. The average molecular weight is 430 g/mol. The van der Waals surface area contributed by atoms with Crippen LogP contribution < -0.4 is 4.72 Å². The predicted molar refractivity (Wildman–Crippen MR) is 85.2 cm³/mol. The number of thiophene rings is 1. The molecule has 4 nitrogen and oxygen atoms in total. The predicted octanol–water partition coefficient (Wildman–Crippen LogP) is 3.30. The molecule has 0 saturated carbocycles. The highest BCUT2D eigenvalue weighted by molar-refractivity contribution is 14.1. The lowest BCUT2D eigenvalue weighted by Gasteiger charge is -2.08. The monoisotopic (exact) mass is 429 g/mol. The lowest BCUT2D eigenvalue weighted by molar-refractivity contribution is 0.282. The molecule has 0 spiro atoms. The van der Waals surface area contributed by atoms with Crippen LogP contribution in [0.5, 0.6) is 0 Å². The number of sulfonamides is 1. The summed E-state index contributed by atoms with van der Waals surface area (Å²) in [6.45, 7) is -0.184. The largest absolute Gasteiger partial charge is 0.392 e. The molecular formula is C11H9ClINO3S2. The number of anilines is 1. The first kappa shape index (κ1) is 15.0. The van der Waals surface area contributed by atoms with E-state index in [-0.39, 0.29) is 10.8 Å². The van der Waals surface area contributed by atoms with Crippen LogP contribution in [0, 0.1) is 3.57 Å². The minimum absolute atomic E-state index is 0.145. The number of hydrogen-bond donors (Lipinski definition) is 2. The van der Waals surface area contributed by atoms with Gasteiger partial charge in [0.25, 0.3) is 10.0 Å². The Morgan fingerprint density at radius 2 is 2.11 bits per heavy atom. The van der Waals surface area contributed by atoms with E-state index in [1.807, 2.05) is 0 Å². The summed E-state index contributed by atoms with van der Waals surface area (Å²) in [5, 5.41) is 10.9. The minimum atomic E-state index is -3.67. The highest BCUT2D eigenvalue weighted by Gasteiger charge is 2.18. The Balaban J connectivity index is 2.30. The molecule has 0 aliphatic heterocycles. The molecule has 19 heavy (non-hydrogen) atoms. The molecular weight excluding hydrogens is 421 g/mol. The lowest BCUT2D eigenvalue weighted by atomic mass is 10.3. The van der Waals surface area contributed by atoms with Gasteiger partial charge in [-0.3, -0.25) is 4.72 Å². The SMILES string of the molecule is O=S(=O)(Nc1ccc(I)cc1Cl)c1cc(CO)cs1. The van der Waals surface area contributed by atoms with Crippen LogP contribution in [-0.2, 0) is 16.6 Å². The fraction of sp³-hybridized carbons (Fsp3) is 0.0909. The van der Waals surface area contributed by atoms with Crippen LogP contribution >= 0.6 is 45.5 Å². The molecule has 0 amide bonds. The Kier molecular flexibility index (Phi) is 4.72. The quantitative estimate of drug-likeness (QED) is 0.733. The maximum Gasteiger partial charge on any atom is 0.271 e. The van der Waals surface area contributed by atoms with Crippen LogP contribution in [0.1, 0.15) is 5.56 Å². The van der Waals surface area contributed by atoms with Crippen molar-refractivity contribution in [2.75, 3.05) is 4.72 Å². The van der Waals surface area contributed by atoms with Crippen LogP contribution in [0.15, 0.2) is 33.9 Å². The number of aliphatic hydroxyl groups excluding tert-OH is 1. The third kappa shape index (κ3) is 3.60. The number of nitrogens with one attached hydrogen (secondary N) is 1. The van der Waals surface area contributed by atoms with Crippen LogP contribution in [-0.4, -0.2) is 13.5 Å². The first-order valence-corrected chi connectivity index (χ1v) is 8.90. The molecule has 0 saturated heterocycles. The molecule has 2 rings (SSSR count). The van der Waals surface area contributed by atoms with Gasteiger partial charge in [-0.1, -0.05) is 11.6 Å². The summed E-state index contributed by atoms with van der Waals surface area (Å²) in [5.74, 6) is 0. The summed E-state index contributed by atoms with van der Waals surface area (Å²) in [7, 11) is -3.67. The summed E-state index contributed by atoms with van der Waals surface area (Å²) >= 11 is 9.13. The van der Waals surface area contributed by atoms with Crippen molar-refractivity contribution in [2.24, 2.45) is 0 Å². The molecule has 0 atom stereocenters. The maximum absolute atomic E-state index is 12.1. The highest BCUT2D eigenvalue weighted by Crippen LogP contribution is 2.28. The van der Waals surface area contributed by atoms with Crippen LogP contribution in [0.4, 0.5) is 5.69 Å². The third-order valence-electron chi connectivity index (χ3n) is 2.25. The van der Waals surface area contributed by atoms with Crippen LogP contribution in [0.3, 0.4) is 0 Å². The van der Waals surface area contributed by atoms with Crippen molar-refractivity contribution >= 4 is 61.2 Å². The summed E-state index contributed by atoms with van der Waals surface area (Å²) in [6, 6.07) is 6.49. The standard InChI is InChI=1S/C11H9ClINO3S2/c12-9-4-8(13)1-2-10(9)14-19(16,17)11-3-7(5-15)6-18-11/h1-4,6,14-15H,5H2. The zero-order valence-electron chi connectivity index (χ0n) is 9.43. The Morgan fingerprint density at radius 1 is 1.37 bits per heavy atom. The number of halogens is 2. The van der Waals surface area contributed by atoms with Gasteiger partial charge in [0.15, 0.2) is 0 Å². The van der Waals surface area contributed by atoms with Gasteiger partial charge in [0.1, 0.15) is 4.21 Å². The topological polar surface area (TPSA) is 66.4 Å². The fourth-order valence-electron chi connectivity index (χ4n) is 1.34. The van der Waals surface area contributed by atoms with E-state index in [1.54, 1.807) is 23.6 Å². The average Bonchev–Trinajstić information content (AvgIpc) is 2.82. The van der Waals surface area contributed by atoms with Gasteiger partial charge in [-0.2, -0.15) is 0 Å². The maximum atomic E-state index is 12.1. The first-order valence-electron chi connectivity index (χ1n) is 5.08. The van der Waals surface area contributed by atoms with E-state index in [9.17, 15) is 8.42 Å². The summed E-state index contributed by atoms with van der Waals surface area (Å²) in [5.41, 5.74) is 0.903. The second kappa shape index (κ2) is 5.96. The zero-order valence-corrected chi connectivity index (χ0v) is 14.0. The van der Waals surface area contributed by atoms with Gasteiger partial charge in [0.05, 0.1) is 17.3 Å². The second-order valence-electron chi connectivity index (χ2n) is 3.66. The third-order valence-corrected chi connectivity index (χ3v) is 6.09. The van der Waals surface area contributed by atoms with Gasteiger partial charge in [0, 0.05) is 3.57 Å². The van der Waals surface area contributed by atoms with Gasteiger partial charge in [0.2, 0.25) is 0 Å². The molecule has 0 bridgehead atoms. The molecule has 102 valence electrons. The highest BCUT2D eigenvalue weighted by atomic mass is 127. The summed E-state index contributed by atoms with van der Waals surface area (Å²) < 4.78 is 27.7. The van der Waals surface area contributed by atoms with Gasteiger partial charge < -0.3 is 5.11 Å². The minimum Gasteiger partial charge on any atom is -0.392 e. The number of benzene rings is 1.